The van der Waals surface area contributed by atoms with E-state index in [4.69, 9.17) is 0 Å². The molecule has 2 aromatic carbocycles. The minimum absolute atomic E-state index is 0.0651. The lowest BCUT2D eigenvalue weighted by Gasteiger charge is -2.46. The van der Waals surface area contributed by atoms with Crippen LogP contribution < -0.4 is 5.11 Å². The molecule has 5 N–H and O–H groups in total. The van der Waals surface area contributed by atoms with E-state index in [9.17, 15) is 45.0 Å². The fraction of sp³-hybridized carbons (Fsp3) is 0.278. The van der Waals surface area contributed by atoms with Gasteiger partial charge in [-0.05, 0) is 30.0 Å². The average molecular weight is 375 g/mol. The van der Waals surface area contributed by atoms with E-state index in [1.165, 1.54) is 12.1 Å². The summed E-state index contributed by atoms with van der Waals surface area (Å²) in [5, 5.41) is 62.7. The van der Waals surface area contributed by atoms with Gasteiger partial charge in [0.1, 0.15) is 28.6 Å². The molecule has 0 amide bonds. The summed E-state index contributed by atoms with van der Waals surface area (Å²) in [6.07, 6.45) is -1.52. The Labute approximate surface area is 151 Å². The average Bonchev–Trinajstić information content (AvgIpc) is 2.50. The van der Waals surface area contributed by atoms with E-state index in [0.29, 0.717) is 0 Å². The Morgan fingerprint density at radius 3 is 2.33 bits per heavy atom. The number of carbonyl (C=O) groups is 3. The van der Waals surface area contributed by atoms with Gasteiger partial charge in [0, 0.05) is 18.9 Å². The van der Waals surface area contributed by atoms with Crippen molar-refractivity contribution in [2.45, 2.75) is 31.0 Å². The molecule has 27 heavy (non-hydrogen) atoms. The van der Waals surface area contributed by atoms with Gasteiger partial charge < -0.3 is 35.4 Å². The Morgan fingerprint density at radius 2 is 1.78 bits per heavy atom. The maximum absolute atomic E-state index is 12.8. The predicted octanol–water partition coefficient (Wildman–Crippen LogP) is -1.11. The van der Waals surface area contributed by atoms with Crippen LogP contribution in [0.25, 0.3) is 10.8 Å². The van der Waals surface area contributed by atoms with Crippen LogP contribution in [-0.4, -0.2) is 54.3 Å². The van der Waals surface area contributed by atoms with E-state index in [1.54, 1.807) is 0 Å². The first-order chi connectivity index (χ1) is 12.4. The Balaban J connectivity index is 2.38. The van der Waals surface area contributed by atoms with Gasteiger partial charge in [0.25, 0.3) is 0 Å². The zero-order valence-electron chi connectivity index (χ0n) is 14.0. The van der Waals surface area contributed by atoms with Gasteiger partial charge in [0.05, 0.1) is 16.9 Å². The lowest BCUT2D eigenvalue weighted by Crippen LogP contribution is -2.71. The van der Waals surface area contributed by atoms with E-state index in [-0.39, 0.29) is 22.1 Å². The van der Waals surface area contributed by atoms with Crippen molar-refractivity contribution in [2.75, 3.05) is 0 Å². The molecule has 0 heterocycles. The van der Waals surface area contributed by atoms with Gasteiger partial charge in [0.15, 0.2) is 5.60 Å². The molecule has 1 aliphatic rings. The highest BCUT2D eigenvalue weighted by Crippen LogP contribution is 2.47. The van der Waals surface area contributed by atoms with E-state index < -0.39 is 58.6 Å². The van der Waals surface area contributed by atoms with Crippen LogP contribution in [0.1, 0.15) is 29.3 Å². The molecular formula is C18H15O9-. The number of phenolic OH excluding ortho intramolecular Hbond substituents is 3. The summed E-state index contributed by atoms with van der Waals surface area (Å²) in [4.78, 5) is 35.9. The second-order valence-electron chi connectivity index (χ2n) is 6.74. The largest absolute Gasteiger partial charge is 0.546 e. The molecular weight excluding hydrogens is 360 g/mol. The Bertz CT molecular complexity index is 1030. The molecule has 0 aliphatic heterocycles. The summed E-state index contributed by atoms with van der Waals surface area (Å²) >= 11 is 0. The second-order valence-corrected chi connectivity index (χ2v) is 6.74. The first-order valence-electron chi connectivity index (χ1n) is 7.83. The molecule has 3 rings (SSSR count). The van der Waals surface area contributed by atoms with Gasteiger partial charge >= 0.3 is 0 Å². The minimum atomic E-state index is -3.48. The molecule has 0 saturated carbocycles. The van der Waals surface area contributed by atoms with Crippen LogP contribution in [0, 0.1) is 0 Å². The number of Topliss-reactive ketones (excluding diaryl/α,β-unsaturated/α-hetero) is 2. The maximum Gasteiger partial charge on any atom is 0.207 e. The number of hydrogen-bond acceptors (Lipinski definition) is 9. The van der Waals surface area contributed by atoms with Crippen LogP contribution in [0.15, 0.2) is 18.2 Å². The van der Waals surface area contributed by atoms with Crippen LogP contribution in [0.3, 0.4) is 0 Å². The maximum atomic E-state index is 12.8. The fourth-order valence-electron chi connectivity index (χ4n) is 3.66. The van der Waals surface area contributed by atoms with Crippen molar-refractivity contribution in [3.05, 3.63) is 29.3 Å². The molecule has 0 radical (unpaired) electrons. The molecule has 0 spiro atoms. The molecule has 9 heteroatoms. The summed E-state index contributed by atoms with van der Waals surface area (Å²) in [6, 6.07) is 3.31. The number of rotatable bonds is 3. The van der Waals surface area contributed by atoms with Crippen LogP contribution in [0.4, 0.5) is 0 Å². The van der Waals surface area contributed by atoms with Gasteiger partial charge in [-0.2, -0.15) is 0 Å². The number of aromatic hydroxyl groups is 3. The van der Waals surface area contributed by atoms with Gasteiger partial charge in [-0.1, -0.05) is 0 Å². The molecule has 0 aromatic heterocycles. The zero-order valence-corrected chi connectivity index (χ0v) is 14.0. The summed E-state index contributed by atoms with van der Waals surface area (Å²) in [7, 11) is 0. The number of hydrogen-bond donors (Lipinski definition) is 5. The Kier molecular flexibility index (Phi) is 3.90. The first-order valence-corrected chi connectivity index (χ1v) is 7.83. The van der Waals surface area contributed by atoms with Gasteiger partial charge in [-0.3, -0.25) is 9.59 Å². The van der Waals surface area contributed by atoms with Gasteiger partial charge in [-0.25, -0.2) is 0 Å². The number of phenols is 3. The monoisotopic (exact) mass is 375 g/mol. The SMILES string of the molecule is CC(=O)CC1(O)Cc2cc3cc(O)cc(O)c3c(O)c2C(=O)C1(O)C(=O)[O-]. The highest BCUT2D eigenvalue weighted by Gasteiger charge is 2.60. The third-order valence-corrected chi connectivity index (χ3v) is 4.81. The molecule has 0 bridgehead atoms. The van der Waals surface area contributed by atoms with Crippen molar-refractivity contribution >= 4 is 28.3 Å². The van der Waals surface area contributed by atoms with Crippen molar-refractivity contribution in [3.63, 3.8) is 0 Å². The first kappa shape index (κ1) is 18.6. The second kappa shape index (κ2) is 5.66. The Hall–Kier alpha value is -3.17. The van der Waals surface area contributed by atoms with Crippen molar-refractivity contribution in [3.8, 4) is 17.2 Å². The van der Waals surface area contributed by atoms with Gasteiger partial charge in [-0.15, -0.1) is 0 Å². The van der Waals surface area contributed by atoms with E-state index in [1.807, 2.05) is 0 Å². The quantitative estimate of drug-likeness (QED) is 0.416. The number of carbonyl (C=O) groups excluding carboxylic acids is 3. The topological polar surface area (TPSA) is 175 Å². The van der Waals surface area contributed by atoms with Crippen LogP contribution in [0.2, 0.25) is 0 Å². The molecule has 2 unspecified atom stereocenters. The number of benzene rings is 2. The molecule has 9 nitrogen and oxygen atoms in total. The fourth-order valence-corrected chi connectivity index (χ4v) is 3.66. The number of aliphatic carboxylic acids is 1. The molecule has 2 atom stereocenters. The van der Waals surface area contributed by atoms with E-state index >= 15 is 0 Å². The summed E-state index contributed by atoms with van der Waals surface area (Å²) in [6.45, 7) is 1.04. The highest BCUT2D eigenvalue weighted by molar-refractivity contribution is 6.21. The van der Waals surface area contributed by atoms with Crippen LogP contribution in [0.5, 0.6) is 17.2 Å². The number of carboxylic acid groups (broad SMARTS) is 1. The highest BCUT2D eigenvalue weighted by atomic mass is 16.4. The third kappa shape index (κ3) is 2.43. The van der Waals surface area contributed by atoms with Crippen LogP contribution >= 0.6 is 0 Å². The lowest BCUT2D eigenvalue weighted by atomic mass is 9.65. The molecule has 1 aliphatic carbocycles. The van der Waals surface area contributed by atoms with Crippen LogP contribution in [-0.2, 0) is 16.0 Å². The number of ketones is 2. The molecule has 142 valence electrons. The van der Waals surface area contributed by atoms with E-state index in [0.717, 1.165) is 13.0 Å². The van der Waals surface area contributed by atoms with Crippen molar-refractivity contribution in [2.24, 2.45) is 0 Å². The molecule has 2 aromatic rings. The van der Waals surface area contributed by atoms with Gasteiger partial charge in [0.2, 0.25) is 5.78 Å². The summed E-state index contributed by atoms with van der Waals surface area (Å²) < 4.78 is 0. The van der Waals surface area contributed by atoms with Crippen molar-refractivity contribution < 1.29 is 45.0 Å². The summed E-state index contributed by atoms with van der Waals surface area (Å²) in [5.74, 6) is -6.33. The number of carboxylic acids is 1. The minimum Gasteiger partial charge on any atom is -0.546 e. The third-order valence-electron chi connectivity index (χ3n) is 4.81. The lowest BCUT2D eigenvalue weighted by molar-refractivity contribution is -0.330. The number of fused-ring (bicyclic) bond motifs is 2. The normalized spacial score (nSPS) is 24.6. The van der Waals surface area contributed by atoms with Crippen molar-refractivity contribution in [1.29, 1.82) is 0 Å². The molecule has 0 fully saturated rings. The predicted molar refractivity (Wildman–Crippen MR) is 87.2 cm³/mol. The Morgan fingerprint density at radius 1 is 1.15 bits per heavy atom. The standard InChI is InChI=1S/C18H16O9/c1-7(19)5-17(26)6-9-2-8-3-10(20)4-11(21)12(8)14(22)13(9)15(23)18(17,27)16(24)25/h2-4,20-22,26-27H,5-6H2,1H3,(H,24,25)/p-1. The number of aliphatic hydroxyl groups is 2. The zero-order chi connectivity index (χ0) is 20.3. The molecule has 0 saturated heterocycles. The smallest absolute Gasteiger partial charge is 0.207 e. The summed E-state index contributed by atoms with van der Waals surface area (Å²) in [5.41, 5.74) is -6.88. The van der Waals surface area contributed by atoms with E-state index in [2.05, 4.69) is 0 Å². The van der Waals surface area contributed by atoms with Crippen molar-refractivity contribution in [1.82, 2.24) is 0 Å².